The van der Waals surface area contributed by atoms with Gasteiger partial charge in [0.25, 0.3) is 0 Å². The average Bonchev–Trinajstić information content (AvgIpc) is 3.49. The van der Waals surface area contributed by atoms with Gasteiger partial charge in [-0.15, -0.1) is 5.10 Å². The van der Waals surface area contributed by atoms with Crippen LogP contribution in [0.4, 0.5) is 15.8 Å². The van der Waals surface area contributed by atoms with Crippen molar-refractivity contribution in [3.8, 4) is 0 Å². The molecule has 1 aromatic heterocycles. The molecule has 0 spiro atoms. The maximum atomic E-state index is 13.6. The molecule has 39 heavy (non-hydrogen) atoms. The quantitative estimate of drug-likeness (QED) is 0.256. The fraction of sp³-hybridized carbons (Fsp3) is 0.379. The Kier molecular flexibility index (Phi) is 7.21. The van der Waals surface area contributed by atoms with Gasteiger partial charge in [0.2, 0.25) is 10.0 Å². The van der Waals surface area contributed by atoms with E-state index in [1.807, 2.05) is 13.1 Å². The van der Waals surface area contributed by atoms with E-state index in [4.69, 9.17) is 5.84 Å². The number of fused-ring (bicyclic) bond motifs is 1. The van der Waals surface area contributed by atoms with Crippen molar-refractivity contribution in [2.45, 2.75) is 44.9 Å². The number of halogens is 1. The summed E-state index contributed by atoms with van der Waals surface area (Å²) in [4.78, 5) is 0. The van der Waals surface area contributed by atoms with Crippen molar-refractivity contribution >= 4 is 32.4 Å². The van der Waals surface area contributed by atoms with Gasteiger partial charge in [-0.05, 0) is 90.9 Å². The van der Waals surface area contributed by atoms with Gasteiger partial charge >= 0.3 is 0 Å². The van der Waals surface area contributed by atoms with E-state index in [1.165, 1.54) is 18.4 Å². The fourth-order valence-corrected chi connectivity index (χ4v) is 6.81. The molecule has 2 N–H and O–H groups in total. The largest absolute Gasteiger partial charge is 0.279 e. The van der Waals surface area contributed by atoms with E-state index in [-0.39, 0.29) is 5.82 Å². The smallest absolute Gasteiger partial charge is 0.211 e. The summed E-state index contributed by atoms with van der Waals surface area (Å²) >= 11 is 0. The second kappa shape index (κ2) is 10.3. The molecule has 8 nitrogen and oxygen atoms in total. The second-order valence-corrected chi connectivity index (χ2v) is 12.7. The number of sulfonamides is 1. The average molecular weight is 551 g/mol. The third-order valence-corrected chi connectivity index (χ3v) is 9.14. The van der Waals surface area contributed by atoms with Crippen LogP contribution in [0.15, 0.2) is 54.6 Å². The van der Waals surface area contributed by atoms with Gasteiger partial charge < -0.3 is 0 Å². The van der Waals surface area contributed by atoms with Gasteiger partial charge in [0.1, 0.15) is 11.3 Å². The molecular weight excluding hydrogens is 515 g/mol. The number of hydrogen-bond donors (Lipinski definition) is 1. The highest BCUT2D eigenvalue weighted by atomic mass is 32.2. The van der Waals surface area contributed by atoms with Crippen molar-refractivity contribution in [3.63, 3.8) is 0 Å². The minimum absolute atomic E-state index is 0.314. The van der Waals surface area contributed by atoms with E-state index < -0.39 is 15.4 Å². The molecule has 3 aromatic carbocycles. The number of nitrogens with two attached hydrogens (primary N) is 1. The Bertz CT molecular complexity index is 1620. The fourth-order valence-electron chi connectivity index (χ4n) is 5.91. The molecule has 1 unspecified atom stereocenters. The molecule has 0 radical (unpaired) electrons. The molecule has 0 saturated carbocycles. The summed E-state index contributed by atoms with van der Waals surface area (Å²) in [7, 11) is -1.49. The van der Waals surface area contributed by atoms with E-state index in [2.05, 4.69) is 48.4 Å². The molecule has 206 valence electrons. The lowest BCUT2D eigenvalue weighted by atomic mass is 9.72. The zero-order valence-electron chi connectivity index (χ0n) is 22.9. The Balaban J connectivity index is 1.61. The number of anilines is 2. The normalized spacial score (nSPS) is 18.2. The number of hydrogen-bond acceptors (Lipinski definition) is 6. The number of aromatic nitrogens is 3. The lowest BCUT2D eigenvalue weighted by Gasteiger charge is -2.34. The van der Waals surface area contributed by atoms with Crippen molar-refractivity contribution in [2.24, 2.45) is 12.9 Å². The van der Waals surface area contributed by atoms with Crippen LogP contribution in [0.1, 0.15) is 42.0 Å². The van der Waals surface area contributed by atoms with Crippen LogP contribution < -0.4 is 10.9 Å². The van der Waals surface area contributed by atoms with E-state index in [0.717, 1.165) is 51.8 Å². The first-order valence-electron chi connectivity index (χ1n) is 13.2. The van der Waals surface area contributed by atoms with E-state index >= 15 is 0 Å². The van der Waals surface area contributed by atoms with Gasteiger partial charge in [-0.1, -0.05) is 30.7 Å². The van der Waals surface area contributed by atoms with Crippen LogP contribution in [0.3, 0.4) is 0 Å². The van der Waals surface area contributed by atoms with Crippen LogP contribution in [0.2, 0.25) is 0 Å². The van der Waals surface area contributed by atoms with Gasteiger partial charge in [-0.25, -0.2) is 27.6 Å². The third-order valence-electron chi connectivity index (χ3n) is 7.89. The maximum absolute atomic E-state index is 13.6. The first kappa shape index (κ1) is 27.2. The standard InChI is InChI=1S/C29H35FN6O2S/c1-5-6-22-17-25(20(2)15-28(22)36(31)24-10-8-23(30)9-11-24)29(13-14-35(19-29)39(4,37)38)18-21-7-12-27-26(16-21)32-33-34(27)3/h7-12,15-17H,5-6,13-14,18-19,31H2,1-4H3. The zero-order valence-corrected chi connectivity index (χ0v) is 23.7. The second-order valence-electron chi connectivity index (χ2n) is 10.7. The molecule has 0 bridgehead atoms. The molecular formula is C29H35FN6O2S. The van der Waals surface area contributed by atoms with E-state index in [0.29, 0.717) is 31.6 Å². The van der Waals surface area contributed by atoms with E-state index in [9.17, 15) is 12.8 Å². The highest BCUT2D eigenvalue weighted by Crippen LogP contribution is 2.43. The summed E-state index contributed by atoms with van der Waals surface area (Å²) in [6.45, 7) is 5.05. The number of aryl methyl sites for hydroxylation is 3. The first-order chi connectivity index (χ1) is 18.5. The van der Waals surface area contributed by atoms with Crippen molar-refractivity contribution in [1.82, 2.24) is 19.3 Å². The van der Waals surface area contributed by atoms with Gasteiger partial charge in [0.05, 0.1) is 23.1 Å². The zero-order chi connectivity index (χ0) is 27.9. The predicted octanol–water partition coefficient (Wildman–Crippen LogP) is 4.53. The Morgan fingerprint density at radius 2 is 1.87 bits per heavy atom. The summed E-state index contributed by atoms with van der Waals surface area (Å²) in [5.74, 6) is 6.25. The summed E-state index contributed by atoms with van der Waals surface area (Å²) in [5, 5.41) is 10.0. The molecule has 0 aliphatic carbocycles. The summed E-state index contributed by atoms with van der Waals surface area (Å²) < 4.78 is 42.1. The number of benzene rings is 3. The van der Waals surface area contributed by atoms with Crippen LogP contribution in [0, 0.1) is 12.7 Å². The van der Waals surface area contributed by atoms with Crippen molar-refractivity contribution in [2.75, 3.05) is 24.4 Å². The van der Waals surface area contributed by atoms with E-state index in [1.54, 1.807) is 26.1 Å². The molecule has 2 heterocycles. The molecule has 10 heteroatoms. The minimum atomic E-state index is -3.35. The molecule has 4 aromatic rings. The van der Waals surface area contributed by atoms with Gasteiger partial charge in [0, 0.05) is 25.6 Å². The molecule has 1 saturated heterocycles. The lowest BCUT2D eigenvalue weighted by molar-refractivity contribution is 0.415. The highest BCUT2D eigenvalue weighted by molar-refractivity contribution is 7.88. The molecule has 1 fully saturated rings. The topological polar surface area (TPSA) is 97.3 Å². The third kappa shape index (κ3) is 5.28. The van der Waals surface area contributed by atoms with Crippen LogP contribution in [0.5, 0.6) is 0 Å². The number of rotatable bonds is 8. The monoisotopic (exact) mass is 550 g/mol. The van der Waals surface area contributed by atoms with Gasteiger partial charge in [0.15, 0.2) is 0 Å². The maximum Gasteiger partial charge on any atom is 0.211 e. The van der Waals surface area contributed by atoms with Crippen LogP contribution in [-0.2, 0) is 35.3 Å². The molecule has 0 amide bonds. The summed E-state index contributed by atoms with van der Waals surface area (Å²) in [6, 6.07) is 16.6. The van der Waals surface area contributed by atoms with Crippen molar-refractivity contribution in [1.29, 1.82) is 0 Å². The van der Waals surface area contributed by atoms with Crippen LogP contribution in [-0.4, -0.2) is 47.1 Å². The minimum Gasteiger partial charge on any atom is -0.279 e. The Hall–Kier alpha value is -3.34. The Labute approximate surface area is 229 Å². The van der Waals surface area contributed by atoms with Gasteiger partial charge in [-0.3, -0.25) is 5.01 Å². The molecule has 1 aliphatic rings. The van der Waals surface area contributed by atoms with Crippen molar-refractivity contribution in [3.05, 3.63) is 82.7 Å². The molecule has 5 rings (SSSR count). The SMILES string of the molecule is CCCc1cc(C2(Cc3ccc4c(c3)nnn4C)CCN(S(C)(=O)=O)C2)c(C)cc1N(N)c1ccc(F)cc1. The molecule has 1 aliphatic heterocycles. The van der Waals surface area contributed by atoms with Crippen molar-refractivity contribution < 1.29 is 12.8 Å². The summed E-state index contributed by atoms with van der Waals surface area (Å²) in [5.41, 5.74) is 7.24. The molecule has 1 atom stereocenters. The van der Waals surface area contributed by atoms with Crippen LogP contribution in [0.25, 0.3) is 11.0 Å². The first-order valence-corrected chi connectivity index (χ1v) is 15.0. The highest BCUT2D eigenvalue weighted by Gasteiger charge is 2.44. The Morgan fingerprint density at radius 3 is 2.54 bits per heavy atom. The Morgan fingerprint density at radius 1 is 1.13 bits per heavy atom. The lowest BCUT2D eigenvalue weighted by Crippen LogP contribution is -2.36. The number of hydrazine groups is 1. The summed E-state index contributed by atoms with van der Waals surface area (Å²) in [6.07, 6.45) is 4.37. The van der Waals surface area contributed by atoms with Gasteiger partial charge in [-0.2, -0.15) is 0 Å². The number of nitrogens with zero attached hydrogens (tertiary/aromatic N) is 5. The predicted molar refractivity (Wildman–Crippen MR) is 153 cm³/mol. The van der Waals surface area contributed by atoms with Crippen LogP contribution >= 0.6 is 0 Å².